The average molecular weight is 363 g/mol. The first kappa shape index (κ1) is 18.3. The van der Waals surface area contributed by atoms with Gasteiger partial charge in [-0.2, -0.15) is 0 Å². The van der Waals surface area contributed by atoms with Gasteiger partial charge in [0.05, 0.1) is 0 Å². The minimum atomic E-state index is -0.0690. The van der Waals surface area contributed by atoms with E-state index in [1.807, 2.05) is 32.0 Å². The molecule has 1 aromatic carbocycles. The van der Waals surface area contributed by atoms with E-state index in [-0.39, 0.29) is 24.4 Å². The van der Waals surface area contributed by atoms with Crippen LogP contribution in [0.25, 0.3) is 11.0 Å². The van der Waals surface area contributed by atoms with Crippen LogP contribution in [0.15, 0.2) is 22.6 Å². The summed E-state index contributed by atoms with van der Waals surface area (Å²) in [6.07, 6.45) is 5.66. The molecule has 0 radical (unpaired) electrons. The first-order valence-electron chi connectivity index (χ1n) is 9.09. The summed E-state index contributed by atoms with van der Waals surface area (Å²) in [5, 5.41) is 4.32. The molecule has 4 rings (SSSR count). The highest BCUT2D eigenvalue weighted by atomic mass is 35.5. The summed E-state index contributed by atoms with van der Waals surface area (Å²) in [6, 6.07) is 6.59. The van der Waals surface area contributed by atoms with Crippen LogP contribution < -0.4 is 11.1 Å². The lowest BCUT2D eigenvalue weighted by Crippen LogP contribution is -2.53. The number of hydrogen-bond donors (Lipinski definition) is 2. The van der Waals surface area contributed by atoms with Gasteiger partial charge in [-0.1, -0.05) is 24.6 Å². The molecule has 3 N–H and O–H groups in total. The Morgan fingerprint density at radius 3 is 2.52 bits per heavy atom. The molecule has 4 nitrogen and oxygen atoms in total. The van der Waals surface area contributed by atoms with E-state index in [0.717, 1.165) is 34.9 Å². The minimum absolute atomic E-state index is 0. The van der Waals surface area contributed by atoms with Crippen LogP contribution in [-0.2, 0) is 0 Å². The van der Waals surface area contributed by atoms with Crippen LogP contribution in [-0.4, -0.2) is 18.0 Å². The van der Waals surface area contributed by atoms with Gasteiger partial charge in [0, 0.05) is 23.0 Å². The second kappa shape index (κ2) is 7.00. The smallest absolute Gasteiger partial charge is 0.287 e. The van der Waals surface area contributed by atoms with E-state index < -0.39 is 0 Å². The van der Waals surface area contributed by atoms with E-state index in [2.05, 4.69) is 5.32 Å². The minimum Gasteiger partial charge on any atom is -0.450 e. The van der Waals surface area contributed by atoms with Crippen LogP contribution in [0.3, 0.4) is 0 Å². The molecule has 1 aromatic heterocycles. The summed E-state index contributed by atoms with van der Waals surface area (Å²) in [4.78, 5) is 12.9. The summed E-state index contributed by atoms with van der Waals surface area (Å²) in [7, 11) is 0. The summed E-state index contributed by atoms with van der Waals surface area (Å²) < 4.78 is 5.94. The zero-order valence-electron chi connectivity index (χ0n) is 14.9. The summed E-state index contributed by atoms with van der Waals surface area (Å²) in [6.45, 7) is 3.98. The van der Waals surface area contributed by atoms with Crippen molar-refractivity contribution in [2.75, 3.05) is 0 Å². The van der Waals surface area contributed by atoms with E-state index >= 15 is 0 Å². The number of carbonyl (C=O) groups is 1. The molecule has 136 valence electrons. The number of fused-ring (bicyclic) bond motifs is 3. The Kier molecular flexibility index (Phi) is 5.12. The van der Waals surface area contributed by atoms with Gasteiger partial charge < -0.3 is 15.5 Å². The second-order valence-electron chi connectivity index (χ2n) is 7.69. The van der Waals surface area contributed by atoms with Crippen LogP contribution in [0.4, 0.5) is 0 Å². The fourth-order valence-corrected chi connectivity index (χ4v) is 4.84. The van der Waals surface area contributed by atoms with Gasteiger partial charge in [0.2, 0.25) is 0 Å². The highest BCUT2D eigenvalue weighted by Gasteiger charge is 2.40. The van der Waals surface area contributed by atoms with Gasteiger partial charge in [-0.15, -0.1) is 12.4 Å². The number of rotatable bonds is 2. The van der Waals surface area contributed by atoms with Gasteiger partial charge in [-0.05, 0) is 56.9 Å². The van der Waals surface area contributed by atoms with Crippen LogP contribution in [0.2, 0.25) is 0 Å². The number of aryl methyl sites for hydroxylation is 2. The third-order valence-electron chi connectivity index (χ3n) is 6.04. The number of benzene rings is 1. The van der Waals surface area contributed by atoms with E-state index in [1.165, 1.54) is 19.3 Å². The van der Waals surface area contributed by atoms with Crippen molar-refractivity contribution in [3.63, 3.8) is 0 Å². The van der Waals surface area contributed by atoms with Crippen molar-refractivity contribution in [2.24, 2.45) is 17.6 Å². The molecule has 2 aliphatic carbocycles. The lowest BCUT2D eigenvalue weighted by molar-refractivity contribution is 0.0733. The molecule has 5 heteroatoms. The Morgan fingerprint density at radius 1 is 1.20 bits per heavy atom. The predicted octanol–water partition coefficient (Wildman–Crippen LogP) is 4.11. The third kappa shape index (κ3) is 3.18. The van der Waals surface area contributed by atoms with E-state index in [0.29, 0.717) is 23.6 Å². The van der Waals surface area contributed by atoms with Gasteiger partial charge in [0.25, 0.3) is 5.91 Å². The molecule has 1 amide bonds. The molecule has 0 spiro atoms. The molecule has 1 heterocycles. The maximum Gasteiger partial charge on any atom is 0.287 e. The topological polar surface area (TPSA) is 68.3 Å². The van der Waals surface area contributed by atoms with Crippen molar-refractivity contribution >= 4 is 29.3 Å². The van der Waals surface area contributed by atoms with E-state index in [4.69, 9.17) is 10.2 Å². The van der Waals surface area contributed by atoms with Crippen molar-refractivity contribution < 1.29 is 9.21 Å². The highest BCUT2D eigenvalue weighted by molar-refractivity contribution is 5.99. The SMILES string of the molecule is Cc1c(C(=O)NC2C3CCCC2CC(N)C3)oc2c(C)cccc12.Cl. The normalized spacial score (nSPS) is 28.4. The fourth-order valence-electron chi connectivity index (χ4n) is 4.84. The van der Waals surface area contributed by atoms with Crippen LogP contribution in [0, 0.1) is 25.7 Å². The zero-order chi connectivity index (χ0) is 16.8. The summed E-state index contributed by atoms with van der Waals surface area (Å²) in [5.41, 5.74) is 9.01. The molecule has 0 aliphatic heterocycles. The number of furan rings is 1. The monoisotopic (exact) mass is 362 g/mol. The molecule has 2 fully saturated rings. The van der Waals surface area contributed by atoms with Gasteiger partial charge >= 0.3 is 0 Å². The van der Waals surface area contributed by atoms with Crippen molar-refractivity contribution in [2.45, 2.75) is 58.0 Å². The fraction of sp³-hybridized carbons (Fsp3) is 0.550. The van der Waals surface area contributed by atoms with Crippen molar-refractivity contribution in [1.82, 2.24) is 5.32 Å². The molecule has 25 heavy (non-hydrogen) atoms. The van der Waals surface area contributed by atoms with E-state index in [1.54, 1.807) is 0 Å². The molecule has 2 bridgehead atoms. The Balaban J connectivity index is 0.00000182. The largest absolute Gasteiger partial charge is 0.450 e. The molecule has 2 aromatic rings. The number of nitrogens with two attached hydrogens (primary N) is 1. The Labute approximate surface area is 154 Å². The molecule has 2 unspecified atom stereocenters. The number of para-hydroxylation sites is 1. The van der Waals surface area contributed by atoms with Gasteiger partial charge in [-0.25, -0.2) is 0 Å². The first-order chi connectivity index (χ1) is 11.5. The number of nitrogens with one attached hydrogen (secondary N) is 1. The Hall–Kier alpha value is -1.52. The highest BCUT2D eigenvalue weighted by Crippen LogP contribution is 2.40. The zero-order valence-corrected chi connectivity index (χ0v) is 15.7. The molecule has 2 aliphatic rings. The molecular formula is C20H27ClN2O2. The maximum atomic E-state index is 12.9. The third-order valence-corrected chi connectivity index (χ3v) is 6.04. The van der Waals surface area contributed by atoms with Crippen molar-refractivity contribution in [1.29, 1.82) is 0 Å². The summed E-state index contributed by atoms with van der Waals surface area (Å²) >= 11 is 0. The quantitative estimate of drug-likeness (QED) is 0.844. The van der Waals surface area contributed by atoms with Crippen molar-refractivity contribution in [3.8, 4) is 0 Å². The molecule has 2 atom stereocenters. The van der Waals surface area contributed by atoms with Crippen LogP contribution in [0.5, 0.6) is 0 Å². The van der Waals surface area contributed by atoms with Crippen LogP contribution in [0.1, 0.15) is 53.8 Å². The number of hydrogen-bond acceptors (Lipinski definition) is 3. The molecular weight excluding hydrogens is 336 g/mol. The van der Waals surface area contributed by atoms with Gasteiger partial charge in [0.1, 0.15) is 5.58 Å². The number of carbonyl (C=O) groups excluding carboxylic acids is 1. The summed E-state index contributed by atoms with van der Waals surface area (Å²) in [5.74, 6) is 1.43. The van der Waals surface area contributed by atoms with E-state index in [9.17, 15) is 4.79 Å². The first-order valence-corrected chi connectivity index (χ1v) is 9.09. The maximum absolute atomic E-state index is 12.9. The van der Waals surface area contributed by atoms with Gasteiger partial charge in [0.15, 0.2) is 5.76 Å². The lowest BCUT2D eigenvalue weighted by Gasteiger charge is -2.45. The predicted molar refractivity (Wildman–Crippen MR) is 102 cm³/mol. The van der Waals surface area contributed by atoms with Crippen molar-refractivity contribution in [3.05, 3.63) is 35.1 Å². The van der Waals surface area contributed by atoms with Crippen LogP contribution >= 0.6 is 12.4 Å². The molecule has 0 saturated heterocycles. The number of halogens is 1. The second-order valence-corrected chi connectivity index (χ2v) is 7.69. The number of amides is 1. The lowest BCUT2D eigenvalue weighted by atomic mass is 9.67. The standard InChI is InChI=1S/C20H26N2O2.ClH/c1-11-5-3-8-16-12(2)19(24-18(11)16)20(23)22-17-13-6-4-7-14(17)10-15(21)9-13;/h3,5,8,13-15,17H,4,6-7,9-10,21H2,1-2H3,(H,22,23);1H. The Morgan fingerprint density at radius 2 is 1.88 bits per heavy atom. The Bertz CT molecular complexity index is 771. The molecule has 2 saturated carbocycles. The van der Waals surface area contributed by atoms with Gasteiger partial charge in [-0.3, -0.25) is 4.79 Å². The average Bonchev–Trinajstić information content (AvgIpc) is 2.87.